The van der Waals surface area contributed by atoms with Crippen LogP contribution < -0.4 is 26.9 Å². The van der Waals surface area contributed by atoms with Crippen molar-refractivity contribution in [2.24, 2.45) is 0 Å². The highest BCUT2D eigenvalue weighted by Gasteiger charge is 2.28. The van der Waals surface area contributed by atoms with Gasteiger partial charge in [-0.25, -0.2) is 14.0 Å². The van der Waals surface area contributed by atoms with E-state index in [1.54, 1.807) is 6.07 Å². The minimum atomic E-state index is -1.31. The van der Waals surface area contributed by atoms with Gasteiger partial charge in [0.2, 0.25) is 5.43 Å². The van der Waals surface area contributed by atoms with Gasteiger partial charge in [-0.1, -0.05) is 6.07 Å². The van der Waals surface area contributed by atoms with Crippen molar-refractivity contribution in [3.8, 4) is 0 Å². The summed E-state index contributed by atoms with van der Waals surface area (Å²) in [7, 11) is 0. The first-order valence-electron chi connectivity index (χ1n) is 15.4. The van der Waals surface area contributed by atoms with Crippen LogP contribution in [0.4, 0.5) is 21.6 Å². The van der Waals surface area contributed by atoms with Crippen LogP contribution in [0.15, 0.2) is 57.0 Å². The Labute approximate surface area is 258 Å². The molecule has 0 spiro atoms. The summed E-state index contributed by atoms with van der Waals surface area (Å²) in [5.41, 5.74) is 2.21. The van der Waals surface area contributed by atoms with Gasteiger partial charge in [-0.15, -0.1) is 0 Å². The number of benzene rings is 2. The summed E-state index contributed by atoms with van der Waals surface area (Å²) < 4.78 is 18.3. The Morgan fingerprint density at radius 2 is 1.71 bits per heavy atom. The molecule has 0 radical (unpaired) electrons. The van der Waals surface area contributed by atoms with Gasteiger partial charge in [0.1, 0.15) is 17.2 Å². The van der Waals surface area contributed by atoms with Crippen LogP contribution >= 0.6 is 0 Å². The first-order chi connectivity index (χ1) is 21.6. The van der Waals surface area contributed by atoms with Gasteiger partial charge in [-0.05, 0) is 81.5 Å². The lowest BCUT2D eigenvalue weighted by Crippen LogP contribution is -2.47. The second-order valence-electron chi connectivity index (χ2n) is 12.1. The average Bonchev–Trinajstić information content (AvgIpc) is 3.84. The van der Waals surface area contributed by atoms with E-state index in [0.717, 1.165) is 42.6 Å². The van der Waals surface area contributed by atoms with Crippen LogP contribution in [0.25, 0.3) is 10.9 Å². The molecule has 3 N–H and O–H groups in total. The van der Waals surface area contributed by atoms with Gasteiger partial charge in [0.15, 0.2) is 0 Å². The molecule has 2 aromatic heterocycles. The molecular formula is C33H37FN6O5. The Balaban J connectivity index is 1.04. The third-order valence-electron chi connectivity index (χ3n) is 8.90. The van der Waals surface area contributed by atoms with Crippen molar-refractivity contribution >= 4 is 34.1 Å². The Bertz CT molecular complexity index is 1920. The van der Waals surface area contributed by atoms with Gasteiger partial charge in [-0.3, -0.25) is 24.0 Å². The number of aryl methyl sites for hydroxylation is 2. The fourth-order valence-electron chi connectivity index (χ4n) is 6.00. The number of unbranched alkanes of at least 4 members (excludes halogenated alkanes) is 1. The van der Waals surface area contributed by atoms with Crippen molar-refractivity contribution in [3.63, 3.8) is 0 Å². The molecule has 236 valence electrons. The number of halogens is 1. The number of carboxylic acid groups (broad SMARTS) is 1. The predicted octanol–water partition coefficient (Wildman–Crippen LogP) is 3.99. The Kier molecular flexibility index (Phi) is 8.32. The molecular weight excluding hydrogens is 579 g/mol. The van der Waals surface area contributed by atoms with E-state index < -0.39 is 22.9 Å². The molecule has 3 heterocycles. The van der Waals surface area contributed by atoms with Crippen LogP contribution in [0.3, 0.4) is 0 Å². The number of hydrogen-bond donors (Lipinski definition) is 3. The van der Waals surface area contributed by atoms with E-state index in [0.29, 0.717) is 56.2 Å². The minimum absolute atomic E-state index is 0.0897. The zero-order chi connectivity index (χ0) is 31.8. The number of nitrogens with zero attached hydrogens (tertiary/aromatic N) is 4. The molecule has 11 nitrogen and oxygen atoms in total. The van der Waals surface area contributed by atoms with Crippen molar-refractivity contribution in [2.45, 2.75) is 52.1 Å². The SMILES string of the molecule is Cc1ccc(Nc2cc(=O)n(CCCCN3CCN(c4cc5c(cc4F)c(=O)c(C(=O)O)cn5C4CC4)CC3)c(=O)[nH]2)cc1C. The topological polar surface area (TPSA) is 133 Å². The maximum Gasteiger partial charge on any atom is 0.341 e. The molecule has 2 fully saturated rings. The van der Waals surface area contributed by atoms with Crippen molar-refractivity contribution in [3.05, 3.63) is 96.2 Å². The molecule has 0 atom stereocenters. The number of aromatic nitrogens is 3. The fourth-order valence-corrected chi connectivity index (χ4v) is 6.00. The molecule has 0 amide bonds. The number of carboxylic acids is 1. The molecule has 45 heavy (non-hydrogen) atoms. The summed E-state index contributed by atoms with van der Waals surface area (Å²) >= 11 is 0. The molecule has 0 unspecified atom stereocenters. The quantitative estimate of drug-likeness (QED) is 0.228. The normalized spacial score (nSPS) is 15.5. The number of anilines is 3. The molecule has 6 rings (SSSR count). The van der Waals surface area contributed by atoms with E-state index in [2.05, 4.69) is 15.2 Å². The maximum absolute atomic E-state index is 15.3. The van der Waals surface area contributed by atoms with E-state index in [9.17, 15) is 24.3 Å². The van der Waals surface area contributed by atoms with Crippen LogP contribution in [0.2, 0.25) is 0 Å². The molecule has 2 aromatic carbocycles. The molecule has 2 aliphatic rings. The number of hydrogen-bond acceptors (Lipinski definition) is 7. The maximum atomic E-state index is 15.3. The Hall–Kier alpha value is -4.71. The fraction of sp³-hybridized carbons (Fsp3) is 0.394. The van der Waals surface area contributed by atoms with Gasteiger partial charge < -0.3 is 19.9 Å². The summed E-state index contributed by atoms with van der Waals surface area (Å²) in [5.74, 6) is -1.50. The van der Waals surface area contributed by atoms with Gasteiger partial charge in [0.25, 0.3) is 5.56 Å². The minimum Gasteiger partial charge on any atom is -0.477 e. The average molecular weight is 617 g/mol. The monoisotopic (exact) mass is 616 g/mol. The van der Waals surface area contributed by atoms with Crippen molar-refractivity contribution in [2.75, 3.05) is 42.9 Å². The van der Waals surface area contributed by atoms with Crippen LogP contribution in [-0.4, -0.2) is 62.8 Å². The third kappa shape index (κ3) is 6.41. The van der Waals surface area contributed by atoms with Crippen molar-refractivity contribution < 1.29 is 14.3 Å². The number of aromatic carboxylic acids is 1. The number of aromatic amines is 1. The van der Waals surface area contributed by atoms with Crippen LogP contribution in [-0.2, 0) is 6.54 Å². The van der Waals surface area contributed by atoms with E-state index in [-0.39, 0.29) is 22.6 Å². The summed E-state index contributed by atoms with van der Waals surface area (Å²) in [6, 6.07) is 10.2. The molecule has 4 aromatic rings. The second-order valence-corrected chi connectivity index (χ2v) is 12.1. The largest absolute Gasteiger partial charge is 0.477 e. The molecule has 1 aliphatic carbocycles. The second kappa shape index (κ2) is 12.4. The highest BCUT2D eigenvalue weighted by molar-refractivity contribution is 5.93. The lowest BCUT2D eigenvalue weighted by molar-refractivity contribution is 0.0695. The number of pyridine rings is 1. The standard InChI is InChI=1S/C33H37FN6O5/c1-20-5-6-22(15-21(20)2)35-29-18-30(41)39(33(45)36-29)10-4-3-9-37-11-13-38(14-12-37)28-17-27-24(16-26(28)34)31(42)25(32(43)44)19-40(27)23-7-8-23/h5-6,15-19,23,35H,3-4,7-14H2,1-2H3,(H,36,45)(H,43,44). The number of fused-ring (bicyclic) bond motifs is 1. The zero-order valence-corrected chi connectivity index (χ0v) is 25.4. The molecule has 1 aliphatic heterocycles. The molecule has 1 saturated heterocycles. The Morgan fingerprint density at radius 3 is 2.38 bits per heavy atom. The van der Waals surface area contributed by atoms with Crippen LogP contribution in [0.1, 0.15) is 53.2 Å². The lowest BCUT2D eigenvalue weighted by atomic mass is 10.1. The summed E-state index contributed by atoms with van der Waals surface area (Å²) in [6.45, 7) is 7.73. The van der Waals surface area contributed by atoms with Crippen molar-refractivity contribution in [1.29, 1.82) is 0 Å². The first kappa shape index (κ1) is 30.3. The number of nitrogens with one attached hydrogen (secondary N) is 2. The van der Waals surface area contributed by atoms with Crippen molar-refractivity contribution in [1.82, 2.24) is 19.0 Å². The predicted molar refractivity (Wildman–Crippen MR) is 172 cm³/mol. The number of H-pyrrole nitrogens is 1. The van der Waals surface area contributed by atoms with E-state index in [1.165, 1.54) is 22.9 Å². The molecule has 12 heteroatoms. The first-order valence-corrected chi connectivity index (χ1v) is 15.4. The molecule has 1 saturated carbocycles. The van der Waals surface area contributed by atoms with Crippen LogP contribution in [0, 0.1) is 19.7 Å². The van der Waals surface area contributed by atoms with E-state index in [1.807, 2.05) is 41.5 Å². The Morgan fingerprint density at radius 1 is 0.978 bits per heavy atom. The van der Waals surface area contributed by atoms with Gasteiger partial charge in [-0.2, -0.15) is 0 Å². The zero-order valence-electron chi connectivity index (χ0n) is 25.4. The van der Waals surface area contributed by atoms with Gasteiger partial charge in [0, 0.05) is 62.1 Å². The smallest absolute Gasteiger partial charge is 0.341 e. The lowest BCUT2D eigenvalue weighted by Gasteiger charge is -2.36. The summed E-state index contributed by atoms with van der Waals surface area (Å²) in [4.78, 5) is 56.7. The highest BCUT2D eigenvalue weighted by Crippen LogP contribution is 2.38. The van der Waals surface area contributed by atoms with Crippen LogP contribution in [0.5, 0.6) is 0 Å². The molecule has 0 bridgehead atoms. The number of rotatable bonds is 10. The third-order valence-corrected chi connectivity index (χ3v) is 8.90. The highest BCUT2D eigenvalue weighted by atomic mass is 19.1. The number of carbonyl (C=O) groups is 1. The number of piperazine rings is 1. The van der Waals surface area contributed by atoms with Gasteiger partial charge >= 0.3 is 11.7 Å². The summed E-state index contributed by atoms with van der Waals surface area (Å²) in [6.07, 6.45) is 4.62. The van der Waals surface area contributed by atoms with E-state index in [4.69, 9.17) is 0 Å². The summed E-state index contributed by atoms with van der Waals surface area (Å²) in [5, 5.41) is 12.7. The van der Waals surface area contributed by atoms with E-state index >= 15 is 4.39 Å². The van der Waals surface area contributed by atoms with Gasteiger partial charge in [0.05, 0.1) is 11.2 Å².